The average molecular weight is 259 g/mol. The lowest BCUT2D eigenvalue weighted by Gasteiger charge is -2.23. The van der Waals surface area contributed by atoms with Gasteiger partial charge in [-0.1, -0.05) is 6.92 Å². The highest BCUT2D eigenvalue weighted by atomic mass is 15.3. The summed E-state index contributed by atoms with van der Waals surface area (Å²) in [6.07, 6.45) is 9.02. The molecule has 5 heteroatoms. The first-order valence-electron chi connectivity index (χ1n) is 6.88. The van der Waals surface area contributed by atoms with Crippen molar-refractivity contribution in [3.63, 3.8) is 0 Å². The third-order valence-electron chi connectivity index (χ3n) is 4.02. The van der Waals surface area contributed by atoms with E-state index in [-0.39, 0.29) is 5.41 Å². The van der Waals surface area contributed by atoms with E-state index in [1.54, 1.807) is 0 Å². The molecule has 0 saturated carbocycles. The molecular formula is C14H21N5. The SMILES string of the molecule is CC(C)n1cc(-n2cncc2C2(C)CCNC2)cn1. The highest BCUT2D eigenvalue weighted by Crippen LogP contribution is 2.31. The van der Waals surface area contributed by atoms with Crippen molar-refractivity contribution in [3.8, 4) is 5.69 Å². The smallest absolute Gasteiger partial charge is 0.0995 e. The minimum atomic E-state index is 0.163. The molecule has 3 heterocycles. The van der Waals surface area contributed by atoms with Crippen LogP contribution in [0, 0.1) is 0 Å². The Hall–Kier alpha value is -1.62. The molecule has 2 aromatic rings. The fourth-order valence-electron chi connectivity index (χ4n) is 2.72. The molecule has 0 bridgehead atoms. The van der Waals surface area contributed by atoms with Crippen molar-refractivity contribution in [2.75, 3.05) is 13.1 Å². The second-order valence-corrected chi connectivity index (χ2v) is 5.91. The van der Waals surface area contributed by atoms with Crippen LogP contribution >= 0.6 is 0 Å². The zero-order valence-electron chi connectivity index (χ0n) is 11.8. The molecule has 0 amide bonds. The molecule has 1 aliphatic rings. The maximum atomic E-state index is 4.41. The summed E-state index contributed by atoms with van der Waals surface area (Å²) in [5.74, 6) is 0. The van der Waals surface area contributed by atoms with E-state index >= 15 is 0 Å². The van der Waals surface area contributed by atoms with Gasteiger partial charge in [-0.05, 0) is 26.8 Å². The van der Waals surface area contributed by atoms with Crippen molar-refractivity contribution in [1.82, 2.24) is 24.6 Å². The molecule has 102 valence electrons. The van der Waals surface area contributed by atoms with E-state index in [1.165, 1.54) is 5.69 Å². The molecule has 0 aliphatic carbocycles. The van der Waals surface area contributed by atoms with Crippen molar-refractivity contribution >= 4 is 0 Å². The van der Waals surface area contributed by atoms with Gasteiger partial charge in [0.1, 0.15) is 0 Å². The van der Waals surface area contributed by atoms with Gasteiger partial charge in [0.2, 0.25) is 0 Å². The summed E-state index contributed by atoms with van der Waals surface area (Å²) in [7, 11) is 0. The lowest BCUT2D eigenvalue weighted by atomic mass is 9.86. The molecule has 1 unspecified atom stereocenters. The summed E-state index contributed by atoms with van der Waals surface area (Å²) < 4.78 is 4.15. The van der Waals surface area contributed by atoms with Crippen molar-refractivity contribution < 1.29 is 0 Å². The van der Waals surface area contributed by atoms with Crippen LogP contribution in [0.5, 0.6) is 0 Å². The Balaban J connectivity index is 1.99. The van der Waals surface area contributed by atoms with E-state index in [4.69, 9.17) is 0 Å². The minimum Gasteiger partial charge on any atom is -0.316 e. The van der Waals surface area contributed by atoms with Gasteiger partial charge in [-0.15, -0.1) is 0 Å². The van der Waals surface area contributed by atoms with Gasteiger partial charge < -0.3 is 5.32 Å². The fraction of sp³-hybridized carbons (Fsp3) is 0.571. The van der Waals surface area contributed by atoms with Crippen LogP contribution < -0.4 is 5.32 Å². The van der Waals surface area contributed by atoms with E-state index in [1.807, 2.05) is 23.4 Å². The molecule has 0 aromatic carbocycles. The van der Waals surface area contributed by atoms with E-state index in [0.29, 0.717) is 6.04 Å². The predicted molar refractivity (Wildman–Crippen MR) is 74.6 cm³/mol. The van der Waals surface area contributed by atoms with E-state index in [2.05, 4.69) is 46.9 Å². The van der Waals surface area contributed by atoms with Gasteiger partial charge in [0.05, 0.1) is 18.2 Å². The minimum absolute atomic E-state index is 0.163. The second kappa shape index (κ2) is 4.49. The Morgan fingerprint density at radius 1 is 1.37 bits per heavy atom. The van der Waals surface area contributed by atoms with Crippen LogP contribution in [0.15, 0.2) is 24.9 Å². The van der Waals surface area contributed by atoms with Crippen LogP contribution in [-0.4, -0.2) is 32.4 Å². The molecule has 1 saturated heterocycles. The third kappa shape index (κ3) is 2.08. The summed E-state index contributed by atoms with van der Waals surface area (Å²) in [5.41, 5.74) is 2.52. The summed E-state index contributed by atoms with van der Waals surface area (Å²) in [6.45, 7) is 8.65. The van der Waals surface area contributed by atoms with Gasteiger partial charge in [-0.3, -0.25) is 9.25 Å². The monoisotopic (exact) mass is 259 g/mol. The normalized spacial score (nSPS) is 23.4. The Kier molecular flexibility index (Phi) is 2.93. The van der Waals surface area contributed by atoms with Crippen molar-refractivity contribution in [2.24, 2.45) is 0 Å². The number of rotatable bonds is 3. The Labute approximate surface area is 113 Å². The predicted octanol–water partition coefficient (Wildman–Crippen LogP) is 1.90. The molecular weight excluding hydrogens is 238 g/mol. The maximum absolute atomic E-state index is 4.41. The van der Waals surface area contributed by atoms with Gasteiger partial charge in [0.25, 0.3) is 0 Å². The topological polar surface area (TPSA) is 47.7 Å². The number of hydrogen-bond donors (Lipinski definition) is 1. The molecule has 3 rings (SSSR count). The number of nitrogens with one attached hydrogen (secondary N) is 1. The molecule has 0 radical (unpaired) electrons. The lowest BCUT2D eigenvalue weighted by molar-refractivity contribution is 0.498. The first-order chi connectivity index (χ1) is 9.10. The van der Waals surface area contributed by atoms with E-state index in [9.17, 15) is 0 Å². The van der Waals surface area contributed by atoms with Crippen LogP contribution in [0.1, 0.15) is 38.9 Å². The maximum Gasteiger partial charge on any atom is 0.0995 e. The molecule has 1 atom stereocenters. The van der Waals surface area contributed by atoms with Gasteiger partial charge in [-0.2, -0.15) is 5.10 Å². The standard InChI is InChI=1S/C14H21N5/c1-11(2)19-8-12(6-17-19)18-10-16-7-13(18)14(3)4-5-15-9-14/h6-8,10-11,15H,4-5,9H2,1-3H3. The van der Waals surface area contributed by atoms with Crippen LogP contribution in [0.4, 0.5) is 0 Å². The van der Waals surface area contributed by atoms with Gasteiger partial charge >= 0.3 is 0 Å². The third-order valence-corrected chi connectivity index (χ3v) is 4.02. The second-order valence-electron chi connectivity index (χ2n) is 5.91. The number of aromatic nitrogens is 4. The lowest BCUT2D eigenvalue weighted by Crippen LogP contribution is -2.27. The summed E-state index contributed by atoms with van der Waals surface area (Å²) in [4.78, 5) is 4.34. The van der Waals surface area contributed by atoms with Crippen LogP contribution in [0.3, 0.4) is 0 Å². The number of hydrogen-bond acceptors (Lipinski definition) is 3. The van der Waals surface area contributed by atoms with Crippen LogP contribution in [0.25, 0.3) is 5.69 Å². The number of imidazole rings is 1. The van der Waals surface area contributed by atoms with E-state index < -0.39 is 0 Å². The summed E-state index contributed by atoms with van der Waals surface area (Å²) >= 11 is 0. The molecule has 1 aliphatic heterocycles. The first kappa shape index (κ1) is 12.4. The Morgan fingerprint density at radius 3 is 2.84 bits per heavy atom. The summed E-state index contributed by atoms with van der Waals surface area (Å²) in [6, 6.07) is 0.379. The quantitative estimate of drug-likeness (QED) is 0.916. The molecule has 1 fully saturated rings. The van der Waals surface area contributed by atoms with Crippen molar-refractivity contribution in [2.45, 2.75) is 38.6 Å². The summed E-state index contributed by atoms with van der Waals surface area (Å²) in [5, 5.41) is 7.86. The zero-order chi connectivity index (χ0) is 13.5. The fourth-order valence-corrected chi connectivity index (χ4v) is 2.72. The van der Waals surface area contributed by atoms with Crippen LogP contribution in [0.2, 0.25) is 0 Å². The van der Waals surface area contributed by atoms with Crippen LogP contribution in [-0.2, 0) is 5.41 Å². The first-order valence-corrected chi connectivity index (χ1v) is 6.88. The molecule has 0 spiro atoms. The largest absolute Gasteiger partial charge is 0.316 e. The molecule has 19 heavy (non-hydrogen) atoms. The molecule has 2 aromatic heterocycles. The highest BCUT2D eigenvalue weighted by Gasteiger charge is 2.33. The number of nitrogens with zero attached hydrogens (tertiary/aromatic N) is 4. The Morgan fingerprint density at radius 2 is 2.21 bits per heavy atom. The highest BCUT2D eigenvalue weighted by molar-refractivity contribution is 5.32. The van der Waals surface area contributed by atoms with Gasteiger partial charge in [0, 0.05) is 36.1 Å². The van der Waals surface area contributed by atoms with E-state index in [0.717, 1.165) is 25.2 Å². The average Bonchev–Trinajstić information content (AvgIpc) is 3.08. The zero-order valence-corrected chi connectivity index (χ0v) is 11.8. The van der Waals surface area contributed by atoms with Crippen molar-refractivity contribution in [1.29, 1.82) is 0 Å². The van der Waals surface area contributed by atoms with Gasteiger partial charge in [0.15, 0.2) is 0 Å². The molecule has 1 N–H and O–H groups in total. The molecule has 5 nitrogen and oxygen atoms in total. The van der Waals surface area contributed by atoms with Crippen molar-refractivity contribution in [3.05, 3.63) is 30.6 Å². The Bertz CT molecular complexity index is 560. The van der Waals surface area contributed by atoms with Gasteiger partial charge in [-0.25, -0.2) is 4.98 Å².